The number of carbonyl (C=O) groups is 1. The van der Waals surface area contributed by atoms with Gasteiger partial charge in [0.15, 0.2) is 0 Å². The minimum absolute atomic E-state index is 0.342. The van der Waals surface area contributed by atoms with Crippen LogP contribution in [0.2, 0.25) is 0 Å². The molecular weight excluding hydrogens is 234 g/mol. The summed E-state index contributed by atoms with van der Waals surface area (Å²) in [6.07, 6.45) is 1.12. The lowest BCUT2D eigenvalue weighted by Gasteiger charge is -2.09. The van der Waals surface area contributed by atoms with E-state index in [0.29, 0.717) is 5.56 Å². The van der Waals surface area contributed by atoms with Crippen molar-refractivity contribution in [2.24, 2.45) is 0 Å². The third-order valence-corrected chi connectivity index (χ3v) is 3.44. The van der Waals surface area contributed by atoms with Crippen molar-refractivity contribution >= 4 is 23.4 Å². The highest BCUT2D eigenvalue weighted by Gasteiger charge is 2.04. The summed E-state index contributed by atoms with van der Waals surface area (Å²) in [6.45, 7) is 5.02. The number of nitrogens with one attached hydrogen (secondary N) is 1. The van der Waals surface area contributed by atoms with Crippen molar-refractivity contribution in [3.05, 3.63) is 29.3 Å². The van der Waals surface area contributed by atoms with Crippen LogP contribution in [0.1, 0.15) is 29.3 Å². The molecule has 1 aromatic rings. The predicted molar refractivity (Wildman–Crippen MR) is 74.2 cm³/mol. The lowest BCUT2D eigenvalue weighted by Crippen LogP contribution is -2.05. The fraction of sp³-hybridized carbons (Fsp3) is 0.462. The van der Waals surface area contributed by atoms with Crippen LogP contribution in [0.15, 0.2) is 18.2 Å². The van der Waals surface area contributed by atoms with Crippen molar-refractivity contribution in [1.29, 1.82) is 0 Å². The molecule has 1 rings (SSSR count). The van der Waals surface area contributed by atoms with Gasteiger partial charge in [-0.2, -0.15) is 11.8 Å². The highest BCUT2D eigenvalue weighted by Crippen LogP contribution is 2.16. The Hall–Kier alpha value is -1.16. The smallest absolute Gasteiger partial charge is 0.335 e. The van der Waals surface area contributed by atoms with Gasteiger partial charge in [0.2, 0.25) is 0 Å². The van der Waals surface area contributed by atoms with E-state index in [9.17, 15) is 4.79 Å². The average molecular weight is 253 g/mol. The summed E-state index contributed by atoms with van der Waals surface area (Å²) in [5, 5.41) is 12.2. The minimum Gasteiger partial charge on any atom is -0.478 e. The highest BCUT2D eigenvalue weighted by atomic mass is 32.2. The number of anilines is 1. The fourth-order valence-electron chi connectivity index (χ4n) is 1.54. The van der Waals surface area contributed by atoms with E-state index in [2.05, 4.69) is 12.2 Å². The molecule has 0 aliphatic heterocycles. The number of aromatic carboxylic acids is 1. The summed E-state index contributed by atoms with van der Waals surface area (Å²) in [5.74, 6) is 1.45. The Morgan fingerprint density at radius 2 is 2.24 bits per heavy atom. The molecule has 0 radical (unpaired) electrons. The first kappa shape index (κ1) is 13.9. The van der Waals surface area contributed by atoms with Gasteiger partial charge >= 0.3 is 5.97 Å². The second kappa shape index (κ2) is 7.22. The quantitative estimate of drug-likeness (QED) is 0.732. The number of carboxylic acid groups (broad SMARTS) is 1. The average Bonchev–Trinajstić information content (AvgIpc) is 2.30. The van der Waals surface area contributed by atoms with E-state index < -0.39 is 5.97 Å². The number of rotatable bonds is 7. The van der Waals surface area contributed by atoms with E-state index in [1.807, 2.05) is 24.8 Å². The van der Waals surface area contributed by atoms with Gasteiger partial charge < -0.3 is 10.4 Å². The SMILES string of the molecule is CCSCCCNc1ccc(C(=O)O)cc1C. The zero-order valence-corrected chi connectivity index (χ0v) is 11.1. The molecule has 0 saturated heterocycles. The number of benzene rings is 1. The van der Waals surface area contributed by atoms with E-state index in [4.69, 9.17) is 5.11 Å². The maximum absolute atomic E-state index is 10.8. The van der Waals surface area contributed by atoms with Crippen LogP contribution in [0.3, 0.4) is 0 Å². The van der Waals surface area contributed by atoms with Crippen LogP contribution in [0, 0.1) is 6.92 Å². The first-order valence-corrected chi connectivity index (χ1v) is 6.96. The second-order valence-corrected chi connectivity index (χ2v) is 5.21. The van der Waals surface area contributed by atoms with Crippen molar-refractivity contribution in [2.45, 2.75) is 20.3 Å². The third-order valence-electron chi connectivity index (χ3n) is 2.46. The molecule has 0 atom stereocenters. The molecule has 1 aromatic carbocycles. The van der Waals surface area contributed by atoms with Crippen LogP contribution in [0.25, 0.3) is 0 Å². The molecule has 4 heteroatoms. The Labute approximate surface area is 107 Å². The van der Waals surface area contributed by atoms with Gasteiger partial charge in [0.05, 0.1) is 5.56 Å². The summed E-state index contributed by atoms with van der Waals surface area (Å²) in [5.41, 5.74) is 2.35. The molecule has 0 saturated carbocycles. The van der Waals surface area contributed by atoms with E-state index in [-0.39, 0.29) is 0 Å². The Balaban J connectivity index is 2.46. The van der Waals surface area contributed by atoms with Gasteiger partial charge in [-0.3, -0.25) is 0 Å². The van der Waals surface area contributed by atoms with Crippen LogP contribution in [0.4, 0.5) is 5.69 Å². The molecule has 0 aliphatic rings. The molecule has 0 heterocycles. The maximum atomic E-state index is 10.8. The molecule has 2 N–H and O–H groups in total. The van der Waals surface area contributed by atoms with Gasteiger partial charge in [-0.25, -0.2) is 4.79 Å². The van der Waals surface area contributed by atoms with Gasteiger partial charge in [0.1, 0.15) is 0 Å². The summed E-state index contributed by atoms with van der Waals surface area (Å²) in [7, 11) is 0. The van der Waals surface area contributed by atoms with E-state index >= 15 is 0 Å². The van der Waals surface area contributed by atoms with E-state index in [1.54, 1.807) is 12.1 Å². The Morgan fingerprint density at radius 3 is 2.82 bits per heavy atom. The largest absolute Gasteiger partial charge is 0.478 e. The van der Waals surface area contributed by atoms with Crippen LogP contribution < -0.4 is 5.32 Å². The van der Waals surface area contributed by atoms with Gasteiger partial charge in [-0.05, 0) is 48.6 Å². The summed E-state index contributed by atoms with van der Waals surface area (Å²) in [6, 6.07) is 5.18. The van der Waals surface area contributed by atoms with Gasteiger partial charge in [-0.15, -0.1) is 0 Å². The molecule has 3 nitrogen and oxygen atoms in total. The lowest BCUT2D eigenvalue weighted by atomic mass is 10.1. The number of aryl methyl sites for hydroxylation is 1. The molecule has 0 bridgehead atoms. The third kappa shape index (κ3) is 4.69. The minimum atomic E-state index is -0.876. The Morgan fingerprint density at radius 1 is 1.47 bits per heavy atom. The van der Waals surface area contributed by atoms with E-state index in [0.717, 1.165) is 35.7 Å². The van der Waals surface area contributed by atoms with Crippen LogP contribution >= 0.6 is 11.8 Å². The fourth-order valence-corrected chi connectivity index (χ4v) is 2.17. The zero-order chi connectivity index (χ0) is 12.7. The lowest BCUT2D eigenvalue weighted by molar-refractivity contribution is 0.0697. The first-order valence-electron chi connectivity index (χ1n) is 5.80. The number of thioether (sulfide) groups is 1. The second-order valence-electron chi connectivity index (χ2n) is 3.81. The highest BCUT2D eigenvalue weighted by molar-refractivity contribution is 7.99. The molecule has 0 fully saturated rings. The Kier molecular flexibility index (Phi) is 5.91. The summed E-state index contributed by atoms with van der Waals surface area (Å²) >= 11 is 1.94. The van der Waals surface area contributed by atoms with Crippen LogP contribution in [-0.4, -0.2) is 29.1 Å². The molecule has 0 aliphatic carbocycles. The zero-order valence-electron chi connectivity index (χ0n) is 10.3. The maximum Gasteiger partial charge on any atom is 0.335 e. The molecular formula is C13H19NO2S. The number of hydrogen-bond acceptors (Lipinski definition) is 3. The monoisotopic (exact) mass is 253 g/mol. The summed E-state index contributed by atoms with van der Waals surface area (Å²) in [4.78, 5) is 10.8. The normalized spacial score (nSPS) is 10.2. The molecule has 17 heavy (non-hydrogen) atoms. The molecule has 0 aromatic heterocycles. The van der Waals surface area contributed by atoms with E-state index in [1.165, 1.54) is 0 Å². The molecule has 0 amide bonds. The number of carboxylic acids is 1. The predicted octanol–water partition coefficient (Wildman–Crippen LogP) is 3.25. The van der Waals surface area contributed by atoms with Crippen LogP contribution in [0.5, 0.6) is 0 Å². The van der Waals surface area contributed by atoms with Crippen molar-refractivity contribution in [3.63, 3.8) is 0 Å². The molecule has 94 valence electrons. The number of hydrogen-bond donors (Lipinski definition) is 2. The molecule has 0 spiro atoms. The molecule has 0 unspecified atom stereocenters. The topological polar surface area (TPSA) is 49.3 Å². The summed E-state index contributed by atoms with van der Waals surface area (Å²) < 4.78 is 0. The Bertz CT molecular complexity index is 380. The van der Waals surface area contributed by atoms with Gasteiger partial charge in [-0.1, -0.05) is 6.92 Å². The van der Waals surface area contributed by atoms with Crippen molar-refractivity contribution in [2.75, 3.05) is 23.4 Å². The van der Waals surface area contributed by atoms with Crippen molar-refractivity contribution in [3.8, 4) is 0 Å². The van der Waals surface area contributed by atoms with Gasteiger partial charge in [0, 0.05) is 12.2 Å². The first-order chi connectivity index (χ1) is 8.15. The van der Waals surface area contributed by atoms with Crippen molar-refractivity contribution < 1.29 is 9.90 Å². The standard InChI is InChI=1S/C13H19NO2S/c1-3-17-8-4-7-14-12-6-5-11(13(15)16)9-10(12)2/h5-6,9,14H,3-4,7-8H2,1-2H3,(H,15,16). The van der Waals surface area contributed by atoms with Crippen LogP contribution in [-0.2, 0) is 0 Å². The van der Waals surface area contributed by atoms with Crippen molar-refractivity contribution in [1.82, 2.24) is 0 Å². The van der Waals surface area contributed by atoms with Gasteiger partial charge in [0.25, 0.3) is 0 Å².